The van der Waals surface area contributed by atoms with Crippen molar-refractivity contribution in [2.45, 2.75) is 13.8 Å². The number of hydrogen-bond acceptors (Lipinski definition) is 4. The van der Waals surface area contributed by atoms with Crippen molar-refractivity contribution in [2.24, 2.45) is 5.10 Å². The fraction of sp³-hybridized carbons (Fsp3) is 0.111. The minimum Gasteiger partial charge on any atom is -0.507 e. The highest BCUT2D eigenvalue weighted by atomic mass is 16.3. The molecule has 0 saturated heterocycles. The molecule has 0 saturated carbocycles. The Bertz CT molecular complexity index is 854. The molecule has 0 spiro atoms. The van der Waals surface area contributed by atoms with Gasteiger partial charge in [0.05, 0.1) is 6.21 Å². The smallest absolute Gasteiger partial charge is 0.307 e. The van der Waals surface area contributed by atoms with E-state index in [2.05, 4.69) is 10.5 Å². The van der Waals surface area contributed by atoms with Crippen molar-refractivity contribution in [3.8, 4) is 5.75 Å². The molecule has 23 heavy (non-hydrogen) atoms. The van der Waals surface area contributed by atoms with Crippen molar-refractivity contribution in [1.82, 2.24) is 5.43 Å². The summed E-state index contributed by atoms with van der Waals surface area (Å²) in [5.41, 5.74) is 5.41. The Morgan fingerprint density at radius 2 is 1.87 bits per heavy atom. The van der Waals surface area contributed by atoms with E-state index in [1.807, 2.05) is 32.0 Å². The van der Waals surface area contributed by atoms with Crippen molar-refractivity contribution in [3.05, 3.63) is 64.9 Å². The van der Waals surface area contributed by atoms with Gasteiger partial charge in [-0.1, -0.05) is 18.2 Å². The summed E-state index contributed by atoms with van der Waals surface area (Å²) in [5.74, 6) is 0.0690. The predicted octanol–water partition coefficient (Wildman–Crippen LogP) is 3.52. The van der Waals surface area contributed by atoms with Gasteiger partial charge < -0.3 is 9.52 Å². The number of benzene rings is 2. The first kappa shape index (κ1) is 14.8. The Kier molecular flexibility index (Phi) is 3.85. The van der Waals surface area contributed by atoms with E-state index in [1.165, 1.54) is 6.21 Å². The van der Waals surface area contributed by atoms with Crippen LogP contribution in [0.3, 0.4) is 0 Å². The van der Waals surface area contributed by atoms with E-state index in [0.717, 1.165) is 22.1 Å². The van der Waals surface area contributed by atoms with Crippen LogP contribution in [0.15, 0.2) is 52.0 Å². The van der Waals surface area contributed by atoms with Crippen LogP contribution in [0, 0.1) is 13.8 Å². The van der Waals surface area contributed by atoms with Crippen LogP contribution >= 0.6 is 0 Å². The lowest BCUT2D eigenvalue weighted by Gasteiger charge is -2.04. The summed E-state index contributed by atoms with van der Waals surface area (Å²) in [7, 11) is 0. The zero-order valence-electron chi connectivity index (χ0n) is 12.8. The number of rotatable bonds is 3. The van der Waals surface area contributed by atoms with E-state index in [4.69, 9.17) is 4.42 Å². The third-order valence-electron chi connectivity index (χ3n) is 3.54. The van der Waals surface area contributed by atoms with Gasteiger partial charge in [0.25, 0.3) is 0 Å². The Morgan fingerprint density at radius 3 is 2.57 bits per heavy atom. The van der Waals surface area contributed by atoms with Crippen LogP contribution in [0.25, 0.3) is 11.0 Å². The van der Waals surface area contributed by atoms with Crippen molar-refractivity contribution in [1.29, 1.82) is 0 Å². The summed E-state index contributed by atoms with van der Waals surface area (Å²) in [4.78, 5) is 12.0. The molecule has 0 radical (unpaired) electrons. The molecule has 0 fully saturated rings. The predicted molar refractivity (Wildman–Crippen MR) is 88.9 cm³/mol. The molecule has 1 amide bonds. The van der Waals surface area contributed by atoms with Crippen LogP contribution in [0.5, 0.6) is 5.75 Å². The molecule has 1 aromatic heterocycles. The zero-order valence-corrected chi connectivity index (χ0v) is 12.8. The number of furan rings is 1. The molecule has 0 bridgehead atoms. The number of carbonyl (C=O) groups is 1. The molecular formula is C18H16N2O3. The summed E-state index contributed by atoms with van der Waals surface area (Å²) in [5, 5.41) is 14.5. The molecule has 2 aromatic carbocycles. The largest absolute Gasteiger partial charge is 0.507 e. The number of hydrazone groups is 1. The lowest BCUT2D eigenvalue weighted by Crippen LogP contribution is -2.16. The first-order chi connectivity index (χ1) is 11.0. The SMILES string of the molecule is Cc1cc(C=NNC(=O)c2cc3ccccc3o2)cc(C)c1O. The van der Waals surface area contributed by atoms with Gasteiger partial charge in [0.15, 0.2) is 5.76 Å². The van der Waals surface area contributed by atoms with Crippen molar-refractivity contribution in [2.75, 3.05) is 0 Å². The van der Waals surface area contributed by atoms with Crippen LogP contribution in [-0.4, -0.2) is 17.2 Å². The molecule has 3 aromatic rings. The molecule has 1 heterocycles. The molecule has 0 unspecified atom stereocenters. The third kappa shape index (κ3) is 3.08. The molecule has 0 aliphatic carbocycles. The minimum atomic E-state index is -0.412. The fourth-order valence-corrected chi connectivity index (χ4v) is 2.38. The summed E-state index contributed by atoms with van der Waals surface area (Å²) >= 11 is 0. The number of carbonyl (C=O) groups excluding carboxylic acids is 1. The Balaban J connectivity index is 1.73. The maximum Gasteiger partial charge on any atom is 0.307 e. The second kappa shape index (κ2) is 5.96. The fourth-order valence-electron chi connectivity index (χ4n) is 2.38. The summed E-state index contributed by atoms with van der Waals surface area (Å²) in [6.07, 6.45) is 1.53. The standard InChI is InChI=1S/C18H16N2O3/c1-11-7-13(8-12(2)17(11)21)10-19-20-18(22)16-9-14-5-3-4-6-15(14)23-16/h3-10,21H,1-2H3,(H,20,22). The minimum absolute atomic E-state index is 0.210. The summed E-state index contributed by atoms with van der Waals surface area (Å²) < 4.78 is 5.47. The van der Waals surface area contributed by atoms with Gasteiger partial charge in [0, 0.05) is 5.39 Å². The maximum absolute atomic E-state index is 12.0. The van der Waals surface area contributed by atoms with E-state index in [1.54, 1.807) is 24.3 Å². The average Bonchev–Trinajstić information content (AvgIpc) is 2.96. The van der Waals surface area contributed by atoms with Crippen LogP contribution in [0.2, 0.25) is 0 Å². The number of fused-ring (bicyclic) bond motifs is 1. The second-order valence-electron chi connectivity index (χ2n) is 5.35. The molecule has 0 atom stereocenters. The molecule has 5 nitrogen and oxygen atoms in total. The average molecular weight is 308 g/mol. The topological polar surface area (TPSA) is 74.8 Å². The third-order valence-corrected chi connectivity index (χ3v) is 3.54. The number of nitrogens with one attached hydrogen (secondary N) is 1. The molecule has 3 rings (SSSR count). The highest BCUT2D eigenvalue weighted by Crippen LogP contribution is 2.22. The number of aromatic hydroxyl groups is 1. The molecule has 0 aliphatic heterocycles. The van der Waals surface area contributed by atoms with Crippen LogP contribution in [0.1, 0.15) is 27.2 Å². The summed E-state index contributed by atoms with van der Waals surface area (Å²) in [6.45, 7) is 3.62. The summed E-state index contributed by atoms with van der Waals surface area (Å²) in [6, 6.07) is 12.7. The molecule has 5 heteroatoms. The number of para-hydroxylation sites is 1. The van der Waals surface area contributed by atoms with E-state index in [0.29, 0.717) is 5.58 Å². The van der Waals surface area contributed by atoms with Gasteiger partial charge in [-0.25, -0.2) is 5.43 Å². The first-order valence-corrected chi connectivity index (χ1v) is 7.17. The lowest BCUT2D eigenvalue weighted by molar-refractivity contribution is 0.0929. The Hall–Kier alpha value is -3.08. The van der Waals surface area contributed by atoms with Gasteiger partial charge in [-0.2, -0.15) is 5.10 Å². The van der Waals surface area contributed by atoms with Gasteiger partial charge in [0.2, 0.25) is 0 Å². The van der Waals surface area contributed by atoms with Gasteiger partial charge in [-0.05, 0) is 54.8 Å². The Labute approximate surface area is 133 Å². The van der Waals surface area contributed by atoms with Gasteiger partial charge >= 0.3 is 5.91 Å². The molecule has 0 aliphatic rings. The van der Waals surface area contributed by atoms with Crippen molar-refractivity contribution < 1.29 is 14.3 Å². The molecule has 2 N–H and O–H groups in total. The lowest BCUT2D eigenvalue weighted by atomic mass is 10.1. The second-order valence-corrected chi connectivity index (χ2v) is 5.35. The van der Waals surface area contributed by atoms with Crippen LogP contribution < -0.4 is 5.43 Å². The van der Waals surface area contributed by atoms with Crippen LogP contribution in [0.4, 0.5) is 0 Å². The van der Waals surface area contributed by atoms with Gasteiger partial charge in [0.1, 0.15) is 11.3 Å². The van der Waals surface area contributed by atoms with Gasteiger partial charge in [-0.3, -0.25) is 4.79 Å². The Morgan fingerprint density at radius 1 is 1.17 bits per heavy atom. The number of aryl methyl sites for hydroxylation is 2. The van der Waals surface area contributed by atoms with Crippen molar-refractivity contribution in [3.63, 3.8) is 0 Å². The highest BCUT2D eigenvalue weighted by molar-refractivity contribution is 5.96. The molecule has 116 valence electrons. The zero-order chi connectivity index (χ0) is 16.4. The van der Waals surface area contributed by atoms with E-state index in [9.17, 15) is 9.90 Å². The van der Waals surface area contributed by atoms with Gasteiger partial charge in [-0.15, -0.1) is 0 Å². The number of nitrogens with zero attached hydrogens (tertiary/aromatic N) is 1. The number of phenolic OH excluding ortho intramolecular Hbond substituents is 1. The highest BCUT2D eigenvalue weighted by Gasteiger charge is 2.11. The maximum atomic E-state index is 12.0. The monoisotopic (exact) mass is 308 g/mol. The first-order valence-electron chi connectivity index (χ1n) is 7.17. The number of hydrogen-bond donors (Lipinski definition) is 2. The molecular weight excluding hydrogens is 292 g/mol. The van der Waals surface area contributed by atoms with E-state index in [-0.39, 0.29) is 11.5 Å². The quantitative estimate of drug-likeness (QED) is 0.574. The normalized spacial score (nSPS) is 11.2. The van der Waals surface area contributed by atoms with E-state index >= 15 is 0 Å². The van der Waals surface area contributed by atoms with Crippen LogP contribution in [-0.2, 0) is 0 Å². The number of amides is 1. The van der Waals surface area contributed by atoms with E-state index < -0.39 is 5.91 Å². The number of phenols is 1. The van der Waals surface area contributed by atoms with Crippen molar-refractivity contribution >= 4 is 23.1 Å².